The second-order valence-electron chi connectivity index (χ2n) is 8.08. The van der Waals surface area contributed by atoms with Gasteiger partial charge in [0.05, 0.1) is 17.1 Å². The molecule has 31 heavy (non-hydrogen) atoms. The molecular formula is C23H20N6O2. The lowest BCUT2D eigenvalue weighted by Gasteiger charge is -2.21. The maximum absolute atomic E-state index is 12.9. The zero-order chi connectivity index (χ0) is 21.4. The van der Waals surface area contributed by atoms with Crippen LogP contribution in [0.4, 0.5) is 0 Å². The van der Waals surface area contributed by atoms with E-state index in [4.69, 9.17) is 5.26 Å². The van der Waals surface area contributed by atoms with Crippen LogP contribution in [0.3, 0.4) is 0 Å². The third-order valence-electron chi connectivity index (χ3n) is 6.12. The summed E-state index contributed by atoms with van der Waals surface area (Å²) in [4.78, 5) is 29.3. The highest BCUT2D eigenvalue weighted by atomic mass is 16.2. The van der Waals surface area contributed by atoms with Crippen LogP contribution in [0, 0.1) is 23.2 Å². The molecule has 2 aromatic carbocycles. The van der Waals surface area contributed by atoms with Crippen LogP contribution in [0.2, 0.25) is 0 Å². The highest BCUT2D eigenvalue weighted by molar-refractivity contribution is 5.97. The van der Waals surface area contributed by atoms with Crippen LogP contribution in [0.1, 0.15) is 21.5 Å². The highest BCUT2D eigenvalue weighted by Gasteiger charge is 2.42. The molecule has 154 valence electrons. The summed E-state index contributed by atoms with van der Waals surface area (Å²) in [6.07, 6.45) is 3.35. The number of likely N-dealkylation sites (tertiary alicyclic amines) is 2. The van der Waals surface area contributed by atoms with Crippen LogP contribution in [-0.2, 0) is 4.79 Å². The molecule has 3 heterocycles. The Morgan fingerprint density at radius 2 is 1.74 bits per heavy atom. The third-order valence-corrected chi connectivity index (χ3v) is 6.12. The van der Waals surface area contributed by atoms with Gasteiger partial charge in [0.15, 0.2) is 0 Å². The van der Waals surface area contributed by atoms with Crippen molar-refractivity contribution in [1.82, 2.24) is 25.2 Å². The van der Waals surface area contributed by atoms with Crippen molar-refractivity contribution in [3.63, 3.8) is 0 Å². The van der Waals surface area contributed by atoms with Gasteiger partial charge in [0.2, 0.25) is 5.91 Å². The minimum Gasteiger partial charge on any atom is -0.338 e. The predicted octanol–water partition coefficient (Wildman–Crippen LogP) is 2.07. The van der Waals surface area contributed by atoms with Gasteiger partial charge in [0.1, 0.15) is 5.52 Å². The lowest BCUT2D eigenvalue weighted by molar-refractivity contribution is -0.125. The largest absolute Gasteiger partial charge is 0.338 e. The third kappa shape index (κ3) is 3.66. The Hall–Kier alpha value is -3.99. The van der Waals surface area contributed by atoms with E-state index in [9.17, 15) is 9.59 Å². The number of nitriles is 1. The van der Waals surface area contributed by atoms with Gasteiger partial charge < -0.3 is 9.80 Å². The van der Waals surface area contributed by atoms with Crippen LogP contribution in [-0.4, -0.2) is 63.2 Å². The number of nitrogens with zero attached hydrogens (tertiary/aromatic N) is 5. The first-order valence-corrected chi connectivity index (χ1v) is 10.2. The minimum atomic E-state index is -0.0203. The Bertz CT molecular complexity index is 1210. The zero-order valence-corrected chi connectivity index (χ0v) is 16.7. The number of hydrogen-bond acceptors (Lipinski definition) is 5. The van der Waals surface area contributed by atoms with Gasteiger partial charge in [-0.2, -0.15) is 5.26 Å². The topological polar surface area (TPSA) is 106 Å². The monoisotopic (exact) mass is 412 g/mol. The Balaban J connectivity index is 1.19. The van der Waals surface area contributed by atoms with E-state index < -0.39 is 0 Å². The average molecular weight is 412 g/mol. The van der Waals surface area contributed by atoms with Gasteiger partial charge >= 0.3 is 0 Å². The van der Waals surface area contributed by atoms with Crippen LogP contribution >= 0.6 is 0 Å². The average Bonchev–Trinajstić information content (AvgIpc) is 3.51. The van der Waals surface area contributed by atoms with E-state index in [2.05, 4.69) is 21.5 Å². The lowest BCUT2D eigenvalue weighted by atomic mass is 10.0. The van der Waals surface area contributed by atoms with Gasteiger partial charge in [-0.05, 0) is 42.0 Å². The number of hydrogen-bond donors (Lipinski definition) is 1. The second-order valence-corrected chi connectivity index (χ2v) is 8.08. The first-order valence-electron chi connectivity index (χ1n) is 10.2. The van der Waals surface area contributed by atoms with Crippen molar-refractivity contribution in [2.75, 3.05) is 26.2 Å². The van der Waals surface area contributed by atoms with Crippen molar-refractivity contribution in [3.8, 4) is 6.07 Å². The summed E-state index contributed by atoms with van der Waals surface area (Å²) in [6.45, 7) is 2.63. The number of benzene rings is 2. The highest BCUT2D eigenvalue weighted by Crippen LogP contribution is 2.32. The van der Waals surface area contributed by atoms with Gasteiger partial charge in [-0.1, -0.05) is 17.3 Å². The van der Waals surface area contributed by atoms with E-state index >= 15 is 0 Å². The lowest BCUT2D eigenvalue weighted by Crippen LogP contribution is -2.35. The molecule has 2 amide bonds. The van der Waals surface area contributed by atoms with Crippen molar-refractivity contribution < 1.29 is 9.59 Å². The van der Waals surface area contributed by atoms with Crippen LogP contribution < -0.4 is 0 Å². The molecule has 5 rings (SSSR count). The number of aromatic nitrogens is 3. The summed E-state index contributed by atoms with van der Waals surface area (Å²) in [5.74, 6) is 0.574. The summed E-state index contributed by atoms with van der Waals surface area (Å²) in [5.41, 5.74) is 3.57. The van der Waals surface area contributed by atoms with E-state index in [1.807, 2.05) is 28.0 Å². The number of aromatic amines is 1. The number of rotatable bonds is 3. The molecule has 0 bridgehead atoms. The Labute approximate surface area is 178 Å². The van der Waals surface area contributed by atoms with Crippen molar-refractivity contribution in [2.24, 2.45) is 11.8 Å². The summed E-state index contributed by atoms with van der Waals surface area (Å²) in [5, 5.41) is 19.4. The summed E-state index contributed by atoms with van der Waals surface area (Å²) >= 11 is 0. The number of carbonyl (C=O) groups excluding carboxylic acids is 2. The molecule has 2 saturated heterocycles. The molecule has 0 saturated carbocycles. The van der Waals surface area contributed by atoms with Crippen LogP contribution in [0.15, 0.2) is 48.5 Å². The fourth-order valence-electron chi connectivity index (χ4n) is 4.44. The molecule has 2 aliphatic rings. The molecule has 1 aromatic heterocycles. The van der Waals surface area contributed by atoms with E-state index in [-0.39, 0.29) is 11.8 Å². The van der Waals surface area contributed by atoms with Gasteiger partial charge in [-0.25, -0.2) is 0 Å². The quantitative estimate of drug-likeness (QED) is 0.663. The number of nitrogens with one attached hydrogen (secondary N) is 1. The Morgan fingerprint density at radius 1 is 1.03 bits per heavy atom. The molecule has 2 aliphatic heterocycles. The molecule has 2 atom stereocenters. The van der Waals surface area contributed by atoms with Crippen molar-refractivity contribution in [3.05, 3.63) is 65.2 Å². The maximum atomic E-state index is 12.9. The van der Waals surface area contributed by atoms with Gasteiger partial charge in [0, 0.05) is 49.7 Å². The van der Waals surface area contributed by atoms with Crippen molar-refractivity contribution >= 4 is 28.9 Å². The number of amides is 2. The fraction of sp³-hybridized carbons (Fsp3) is 0.261. The Morgan fingerprint density at radius 3 is 2.45 bits per heavy atom. The van der Waals surface area contributed by atoms with Crippen LogP contribution in [0.5, 0.6) is 0 Å². The molecule has 3 aromatic rings. The summed E-state index contributed by atoms with van der Waals surface area (Å²) in [7, 11) is 0. The molecule has 0 unspecified atom stereocenters. The summed E-state index contributed by atoms with van der Waals surface area (Å²) < 4.78 is 0. The molecular weight excluding hydrogens is 392 g/mol. The first kappa shape index (κ1) is 19.0. The number of fused-ring (bicyclic) bond motifs is 2. The van der Waals surface area contributed by atoms with E-state index in [1.54, 1.807) is 36.4 Å². The van der Waals surface area contributed by atoms with Crippen molar-refractivity contribution in [2.45, 2.75) is 0 Å². The molecule has 0 radical (unpaired) electrons. The zero-order valence-electron chi connectivity index (χ0n) is 16.7. The van der Waals surface area contributed by atoms with Gasteiger partial charge in [-0.15, -0.1) is 5.10 Å². The SMILES string of the molecule is N#Cc1ccc(/C=C/C(=O)N2C[C@@H]3CN(C(=O)c4ccc5[nH]nnc5c4)C[C@H]3C2)cc1. The number of carbonyl (C=O) groups is 2. The standard InChI is InChI=1S/C23H20N6O2/c24-10-16-3-1-15(2-4-16)5-8-22(30)28-11-18-13-29(14-19(18)12-28)23(31)17-6-7-20-21(9-17)26-27-25-20/h1-9,18-19H,11-14H2,(H,25,26,27)/b8-5+/t18-,19-/m1/s1. The number of H-pyrrole nitrogens is 1. The molecule has 8 heteroatoms. The maximum Gasteiger partial charge on any atom is 0.253 e. The first-order chi connectivity index (χ1) is 15.1. The minimum absolute atomic E-state index is 0.00196. The molecule has 2 fully saturated rings. The molecule has 1 N–H and O–H groups in total. The van der Waals surface area contributed by atoms with E-state index in [1.165, 1.54) is 0 Å². The van der Waals surface area contributed by atoms with E-state index in [0.717, 1.165) is 11.1 Å². The van der Waals surface area contributed by atoms with Crippen LogP contribution in [0.25, 0.3) is 17.1 Å². The Kier molecular flexibility index (Phi) is 4.71. The fourth-order valence-corrected chi connectivity index (χ4v) is 4.44. The predicted molar refractivity (Wildman–Crippen MR) is 114 cm³/mol. The smallest absolute Gasteiger partial charge is 0.253 e. The molecule has 8 nitrogen and oxygen atoms in total. The summed E-state index contributed by atoms with van der Waals surface area (Å²) in [6, 6.07) is 14.6. The van der Waals surface area contributed by atoms with Gasteiger partial charge in [-0.3, -0.25) is 14.7 Å². The normalized spacial score (nSPS) is 20.4. The van der Waals surface area contributed by atoms with Gasteiger partial charge in [0.25, 0.3) is 5.91 Å². The van der Waals surface area contributed by atoms with Crippen molar-refractivity contribution in [1.29, 1.82) is 5.26 Å². The van der Waals surface area contributed by atoms with E-state index in [0.29, 0.717) is 54.7 Å². The second kappa shape index (κ2) is 7.69. The molecule has 0 aliphatic carbocycles. The molecule has 0 spiro atoms.